The van der Waals surface area contributed by atoms with Gasteiger partial charge in [-0.25, -0.2) is 9.69 Å². The zero-order chi connectivity index (χ0) is 39.2. The van der Waals surface area contributed by atoms with Crippen LogP contribution in [-0.4, -0.2) is 116 Å². The number of rotatable bonds is 14. The Morgan fingerprint density at radius 2 is 1.51 bits per heavy atom. The molecule has 4 aliphatic rings. The van der Waals surface area contributed by atoms with Crippen molar-refractivity contribution in [2.24, 2.45) is 4.99 Å². The van der Waals surface area contributed by atoms with E-state index >= 15 is 0 Å². The smallest absolute Gasteiger partial charge is 0.416 e. The number of anilines is 1. The van der Waals surface area contributed by atoms with Crippen LogP contribution < -0.4 is 23.8 Å². The lowest BCUT2D eigenvalue weighted by Gasteiger charge is -2.31. The van der Waals surface area contributed by atoms with Crippen LogP contribution in [-0.2, 0) is 4.74 Å². The number of carbonyl (C=O) groups excluding carboxylic acids is 3. The van der Waals surface area contributed by atoms with Crippen molar-refractivity contribution < 1.29 is 43.2 Å². The van der Waals surface area contributed by atoms with Gasteiger partial charge in [0.05, 0.1) is 62.0 Å². The third-order valence-corrected chi connectivity index (χ3v) is 12.5. The molecule has 4 heterocycles. The van der Waals surface area contributed by atoms with Gasteiger partial charge in [-0.2, -0.15) is 0 Å². The third kappa shape index (κ3) is 8.58. The summed E-state index contributed by atoms with van der Waals surface area (Å²) in [6, 6.07) is 5.93. The summed E-state index contributed by atoms with van der Waals surface area (Å²) < 4.78 is 29.2. The summed E-state index contributed by atoms with van der Waals surface area (Å²) >= 11 is 0. The van der Waals surface area contributed by atoms with Gasteiger partial charge in [-0.05, 0) is 71.3 Å². The van der Waals surface area contributed by atoms with Crippen molar-refractivity contribution >= 4 is 57.1 Å². The molecule has 0 spiro atoms. The number of aliphatic imine (C=N–C) groups is 1. The molecule has 0 radical (unpaired) electrons. The molecule has 0 aliphatic carbocycles. The van der Waals surface area contributed by atoms with E-state index in [0.717, 1.165) is 18.4 Å². The molecule has 55 heavy (non-hydrogen) atoms. The van der Waals surface area contributed by atoms with Crippen LogP contribution in [0.5, 0.6) is 23.0 Å². The molecular formula is C40H50N4O9S2. The number of hydrogen-bond acceptors (Lipinski definition) is 12. The predicted octanol–water partition coefficient (Wildman–Crippen LogP) is 7.04. The maximum absolute atomic E-state index is 14.0. The highest BCUT2D eigenvalue weighted by Crippen LogP contribution is 2.43. The molecule has 0 bridgehead atoms. The van der Waals surface area contributed by atoms with Gasteiger partial charge < -0.3 is 38.6 Å². The summed E-state index contributed by atoms with van der Waals surface area (Å²) in [5.74, 6) is 1.29. The minimum Gasteiger partial charge on any atom is -0.493 e. The predicted molar refractivity (Wildman–Crippen MR) is 216 cm³/mol. The lowest BCUT2D eigenvalue weighted by molar-refractivity contribution is 0.0491. The second kappa shape index (κ2) is 18.1. The standard InChI is InChI=1S/C40H50N4O9S2/c1-7-25-14-27-20-41-30-18-35(33(49-4)16-28(30)37(45)42(27)21-25)51-12-10-9-11-13-52-36-19-31-29(17-34(36)50-5)38(46)43-22-26(8-2)15-32(43)39(47)44(31)40(48)53-23-24(3)55-54-6/h7-8,16-20,24,27,32,39,47H,9-15,21-23H2,1-6H3/b25-7-,26-8-/t24-,27+,32+,39+/m1/s1. The number of benzene rings is 2. The second-order valence-corrected chi connectivity index (χ2v) is 16.7. The molecule has 13 nitrogen and oxygen atoms in total. The minimum absolute atomic E-state index is 0.0248. The van der Waals surface area contributed by atoms with Gasteiger partial charge in [0.1, 0.15) is 6.61 Å². The molecule has 15 heteroatoms. The van der Waals surface area contributed by atoms with E-state index in [4.69, 9.17) is 23.7 Å². The topological polar surface area (TPSA) is 140 Å². The number of allylic oxidation sites excluding steroid dienone is 2. The summed E-state index contributed by atoms with van der Waals surface area (Å²) in [4.78, 5) is 50.3. The Bertz CT molecular complexity index is 1870. The number of unbranched alkanes of at least 4 members (excludes halogenated alkanes) is 2. The quantitative estimate of drug-likeness (QED) is 0.120. The Kier molecular flexibility index (Phi) is 13.3. The number of aliphatic hydroxyl groups is 1. The molecule has 3 amide bonds. The Balaban J connectivity index is 1.10. The first-order valence-electron chi connectivity index (χ1n) is 18.6. The number of hydrogen-bond donors (Lipinski definition) is 1. The van der Waals surface area contributed by atoms with E-state index in [1.54, 1.807) is 57.9 Å². The Labute approximate surface area is 330 Å². The summed E-state index contributed by atoms with van der Waals surface area (Å²) in [5, 5.41) is 11.7. The third-order valence-electron chi connectivity index (χ3n) is 10.3. The molecule has 0 unspecified atom stereocenters. The zero-order valence-electron chi connectivity index (χ0n) is 32.2. The van der Waals surface area contributed by atoms with Crippen LogP contribution in [0.3, 0.4) is 0 Å². The first kappa shape index (κ1) is 40.3. The van der Waals surface area contributed by atoms with E-state index in [9.17, 15) is 19.5 Å². The number of amides is 3. The molecule has 2 fully saturated rings. The van der Waals surface area contributed by atoms with Crippen LogP contribution in [0.2, 0.25) is 0 Å². The molecule has 0 saturated carbocycles. The highest BCUT2D eigenvalue weighted by atomic mass is 33.1. The Hall–Kier alpha value is -4.34. The van der Waals surface area contributed by atoms with Crippen molar-refractivity contribution in [3.05, 3.63) is 58.7 Å². The lowest BCUT2D eigenvalue weighted by atomic mass is 10.1. The van der Waals surface area contributed by atoms with E-state index in [-0.39, 0.29) is 41.0 Å². The Morgan fingerprint density at radius 3 is 2.16 bits per heavy atom. The fourth-order valence-corrected chi connectivity index (χ4v) is 8.91. The number of aliphatic hydroxyl groups excluding tert-OH is 1. The number of ether oxygens (including phenoxy) is 5. The van der Waals surface area contributed by atoms with Gasteiger partial charge in [0, 0.05) is 36.7 Å². The molecular weight excluding hydrogens is 745 g/mol. The summed E-state index contributed by atoms with van der Waals surface area (Å²) in [5.41, 5.74) is 3.70. The number of methoxy groups -OCH3 is 2. The van der Waals surface area contributed by atoms with Gasteiger partial charge in [0.15, 0.2) is 29.2 Å². The van der Waals surface area contributed by atoms with Crippen LogP contribution in [0.25, 0.3) is 0 Å². The van der Waals surface area contributed by atoms with Gasteiger partial charge >= 0.3 is 6.09 Å². The fourth-order valence-electron chi connectivity index (χ4n) is 7.31. The Morgan fingerprint density at radius 1 is 0.891 bits per heavy atom. The molecule has 1 N–H and O–H groups in total. The van der Waals surface area contributed by atoms with Gasteiger partial charge in [0.2, 0.25) is 0 Å². The van der Waals surface area contributed by atoms with Gasteiger partial charge in [-0.1, -0.05) is 44.9 Å². The normalized spacial score (nSPS) is 22.2. The van der Waals surface area contributed by atoms with Gasteiger partial charge in [0.25, 0.3) is 11.8 Å². The summed E-state index contributed by atoms with van der Waals surface area (Å²) in [7, 11) is 6.21. The number of nitrogens with zero attached hydrogens (tertiary/aromatic N) is 4. The maximum atomic E-state index is 14.0. The fraction of sp³-hybridized carbons (Fsp3) is 0.500. The average Bonchev–Trinajstić information content (AvgIpc) is 3.78. The van der Waals surface area contributed by atoms with Crippen LogP contribution in [0.15, 0.2) is 52.6 Å². The minimum atomic E-state index is -1.34. The van der Waals surface area contributed by atoms with E-state index in [1.165, 1.54) is 17.6 Å². The van der Waals surface area contributed by atoms with Crippen molar-refractivity contribution in [2.75, 3.05) is 58.3 Å². The molecule has 296 valence electrons. The number of carbonyl (C=O) groups is 3. The molecule has 2 saturated heterocycles. The molecule has 2 aromatic carbocycles. The van der Waals surface area contributed by atoms with E-state index < -0.39 is 18.4 Å². The lowest BCUT2D eigenvalue weighted by Crippen LogP contribution is -2.51. The molecule has 0 aromatic heterocycles. The van der Waals surface area contributed by atoms with Crippen LogP contribution >= 0.6 is 21.6 Å². The van der Waals surface area contributed by atoms with E-state index in [0.29, 0.717) is 79.8 Å². The van der Waals surface area contributed by atoms with Crippen molar-refractivity contribution in [2.45, 2.75) is 76.4 Å². The molecule has 6 rings (SSSR count). The summed E-state index contributed by atoms with van der Waals surface area (Å²) in [6.45, 7) is 7.67. The highest BCUT2D eigenvalue weighted by Gasteiger charge is 2.46. The van der Waals surface area contributed by atoms with Crippen molar-refractivity contribution in [1.29, 1.82) is 0 Å². The monoisotopic (exact) mass is 794 g/mol. The van der Waals surface area contributed by atoms with Crippen LogP contribution in [0, 0.1) is 0 Å². The zero-order valence-corrected chi connectivity index (χ0v) is 33.9. The highest BCUT2D eigenvalue weighted by molar-refractivity contribution is 8.76. The van der Waals surface area contributed by atoms with Gasteiger partial charge in [-0.3, -0.25) is 14.6 Å². The van der Waals surface area contributed by atoms with Crippen LogP contribution in [0.1, 0.15) is 73.6 Å². The second-order valence-electron chi connectivity index (χ2n) is 13.8. The van der Waals surface area contributed by atoms with E-state index in [1.807, 2.05) is 44.2 Å². The van der Waals surface area contributed by atoms with E-state index in [2.05, 4.69) is 11.1 Å². The number of fused-ring (bicyclic) bond motifs is 4. The maximum Gasteiger partial charge on any atom is 0.416 e. The van der Waals surface area contributed by atoms with Crippen LogP contribution in [0.4, 0.5) is 16.2 Å². The summed E-state index contributed by atoms with van der Waals surface area (Å²) in [6.07, 6.45) is 9.11. The molecule has 2 aromatic rings. The van der Waals surface area contributed by atoms with Gasteiger partial charge in [-0.15, -0.1) is 0 Å². The van der Waals surface area contributed by atoms with Crippen molar-refractivity contribution in [3.8, 4) is 23.0 Å². The molecule has 4 atom stereocenters. The SMILES string of the molecule is C/C=C1/C[C@H]2C=Nc3cc(OCCCCCOc4cc5c(cc4OC)C(=O)N4C/C(=C\C)C[C@H]4[C@H](O)N5C(=O)OC[C@@H](C)SSC)c(OC)cc3C(=O)N2C1. The average molecular weight is 795 g/mol. The van der Waals surface area contributed by atoms with Crippen molar-refractivity contribution in [1.82, 2.24) is 9.80 Å². The first-order chi connectivity index (χ1) is 26.6. The molecule has 4 aliphatic heterocycles. The largest absolute Gasteiger partial charge is 0.493 e. The first-order valence-corrected chi connectivity index (χ1v) is 21.2. The van der Waals surface area contributed by atoms with Crippen molar-refractivity contribution in [3.63, 3.8) is 0 Å².